The zero-order valence-electron chi connectivity index (χ0n) is 12.4. The van der Waals surface area contributed by atoms with Gasteiger partial charge in [0.05, 0.1) is 13.2 Å². The summed E-state index contributed by atoms with van der Waals surface area (Å²) in [5, 5.41) is 0.702. The molecule has 1 aromatic rings. The topological polar surface area (TPSA) is 50.5 Å². The van der Waals surface area contributed by atoms with Crippen molar-refractivity contribution >= 4 is 11.6 Å². The number of hydrazine groups is 1. The lowest BCUT2D eigenvalue weighted by Gasteiger charge is -2.43. The number of likely N-dealkylation sites (N-methyl/N-ethyl adjacent to an activating group) is 1. The van der Waals surface area contributed by atoms with Crippen LogP contribution in [0.2, 0.25) is 5.02 Å². The SMILES string of the molecule is COc1ccc(Cl)cc1C(NN)C1(N(C)C)CCCC1. The average molecular weight is 298 g/mol. The van der Waals surface area contributed by atoms with Crippen LogP contribution in [0.4, 0.5) is 0 Å². The van der Waals surface area contributed by atoms with Crippen LogP contribution in [0.5, 0.6) is 5.75 Å². The predicted octanol–water partition coefficient (Wildman–Crippen LogP) is 2.73. The molecule has 0 aliphatic heterocycles. The number of nitrogens with zero attached hydrogens (tertiary/aromatic N) is 1. The number of ether oxygens (including phenoxy) is 1. The van der Waals surface area contributed by atoms with Crippen molar-refractivity contribution in [2.75, 3.05) is 21.2 Å². The van der Waals surface area contributed by atoms with Crippen molar-refractivity contribution in [2.45, 2.75) is 37.3 Å². The monoisotopic (exact) mass is 297 g/mol. The Bertz CT molecular complexity index is 458. The molecule has 2 rings (SSSR count). The number of benzene rings is 1. The molecule has 1 fully saturated rings. The van der Waals surface area contributed by atoms with Crippen LogP contribution in [-0.2, 0) is 0 Å². The van der Waals surface area contributed by atoms with Crippen LogP contribution in [-0.4, -0.2) is 31.6 Å². The van der Waals surface area contributed by atoms with Gasteiger partial charge in [0, 0.05) is 16.1 Å². The first-order valence-corrected chi connectivity index (χ1v) is 7.40. The van der Waals surface area contributed by atoms with Gasteiger partial charge in [-0.25, -0.2) is 0 Å². The van der Waals surface area contributed by atoms with Crippen LogP contribution in [0.25, 0.3) is 0 Å². The van der Waals surface area contributed by atoms with E-state index in [4.69, 9.17) is 22.2 Å². The molecule has 0 saturated heterocycles. The number of rotatable bonds is 5. The third kappa shape index (κ3) is 2.66. The van der Waals surface area contributed by atoms with Crippen LogP contribution in [0.3, 0.4) is 0 Å². The fourth-order valence-electron chi connectivity index (χ4n) is 3.45. The Kier molecular flexibility index (Phi) is 4.91. The summed E-state index contributed by atoms with van der Waals surface area (Å²) in [6, 6.07) is 5.69. The van der Waals surface area contributed by atoms with Crippen molar-refractivity contribution in [3.63, 3.8) is 0 Å². The summed E-state index contributed by atoms with van der Waals surface area (Å²) in [4.78, 5) is 2.28. The lowest BCUT2D eigenvalue weighted by Crippen LogP contribution is -2.53. The molecule has 1 atom stereocenters. The fourth-order valence-corrected chi connectivity index (χ4v) is 3.63. The molecule has 20 heavy (non-hydrogen) atoms. The summed E-state index contributed by atoms with van der Waals surface area (Å²) >= 11 is 6.17. The summed E-state index contributed by atoms with van der Waals surface area (Å²) in [6.07, 6.45) is 4.67. The number of hydrogen-bond acceptors (Lipinski definition) is 4. The predicted molar refractivity (Wildman–Crippen MR) is 83.0 cm³/mol. The van der Waals surface area contributed by atoms with E-state index < -0.39 is 0 Å². The van der Waals surface area contributed by atoms with E-state index in [1.807, 2.05) is 18.2 Å². The molecule has 0 aromatic heterocycles. The van der Waals surface area contributed by atoms with Gasteiger partial charge in [-0.2, -0.15) is 0 Å². The molecule has 1 unspecified atom stereocenters. The highest BCUT2D eigenvalue weighted by molar-refractivity contribution is 6.30. The maximum absolute atomic E-state index is 6.17. The van der Waals surface area contributed by atoms with Gasteiger partial charge in [0.15, 0.2) is 0 Å². The maximum atomic E-state index is 6.17. The molecule has 1 aromatic carbocycles. The van der Waals surface area contributed by atoms with E-state index in [9.17, 15) is 0 Å². The van der Waals surface area contributed by atoms with E-state index in [1.165, 1.54) is 12.8 Å². The largest absolute Gasteiger partial charge is 0.496 e. The number of nitrogens with one attached hydrogen (secondary N) is 1. The van der Waals surface area contributed by atoms with Crippen molar-refractivity contribution < 1.29 is 4.74 Å². The minimum Gasteiger partial charge on any atom is -0.496 e. The van der Waals surface area contributed by atoms with Gasteiger partial charge in [-0.3, -0.25) is 11.3 Å². The Balaban J connectivity index is 2.48. The van der Waals surface area contributed by atoms with Crippen LogP contribution in [0, 0.1) is 0 Å². The molecular formula is C15H24ClN3O. The minimum absolute atomic E-state index is 0.00588. The molecule has 4 nitrogen and oxygen atoms in total. The van der Waals surface area contributed by atoms with Crippen molar-refractivity contribution in [3.8, 4) is 5.75 Å². The molecule has 0 heterocycles. The molecule has 5 heteroatoms. The standard InChI is InChI=1S/C15H24ClN3O/c1-19(2)15(8-4-5-9-15)14(18-17)12-10-11(16)6-7-13(12)20-3/h6-7,10,14,18H,4-5,8-9,17H2,1-3H3. The van der Waals surface area contributed by atoms with Crippen LogP contribution in [0.1, 0.15) is 37.3 Å². The van der Waals surface area contributed by atoms with Gasteiger partial charge >= 0.3 is 0 Å². The second kappa shape index (κ2) is 6.31. The lowest BCUT2D eigenvalue weighted by molar-refractivity contribution is 0.103. The molecule has 112 valence electrons. The van der Waals surface area contributed by atoms with Gasteiger partial charge in [0.1, 0.15) is 5.75 Å². The third-order valence-corrected chi connectivity index (χ3v) is 4.80. The first kappa shape index (κ1) is 15.6. The van der Waals surface area contributed by atoms with Gasteiger partial charge in [0.2, 0.25) is 0 Å². The van der Waals surface area contributed by atoms with Crippen LogP contribution >= 0.6 is 11.6 Å². The Morgan fingerprint density at radius 1 is 1.35 bits per heavy atom. The summed E-state index contributed by atoms with van der Waals surface area (Å²) in [5.74, 6) is 6.73. The van der Waals surface area contributed by atoms with Crippen LogP contribution in [0.15, 0.2) is 18.2 Å². The van der Waals surface area contributed by atoms with E-state index in [0.29, 0.717) is 5.02 Å². The van der Waals surface area contributed by atoms with Crippen molar-refractivity contribution in [3.05, 3.63) is 28.8 Å². The zero-order valence-corrected chi connectivity index (χ0v) is 13.2. The molecular weight excluding hydrogens is 274 g/mol. The molecule has 1 aliphatic rings. The number of nitrogens with two attached hydrogens (primary N) is 1. The highest BCUT2D eigenvalue weighted by Crippen LogP contribution is 2.45. The Labute approximate surface area is 126 Å². The molecule has 1 saturated carbocycles. The smallest absolute Gasteiger partial charge is 0.123 e. The van der Waals surface area contributed by atoms with Crippen molar-refractivity contribution in [1.82, 2.24) is 10.3 Å². The highest BCUT2D eigenvalue weighted by Gasteiger charge is 2.44. The van der Waals surface area contributed by atoms with Crippen molar-refractivity contribution in [1.29, 1.82) is 0 Å². The highest BCUT2D eigenvalue weighted by atomic mass is 35.5. The van der Waals surface area contributed by atoms with Crippen molar-refractivity contribution in [2.24, 2.45) is 5.84 Å². The number of hydrogen-bond donors (Lipinski definition) is 2. The summed E-state index contributed by atoms with van der Waals surface area (Å²) in [7, 11) is 5.91. The zero-order chi connectivity index (χ0) is 14.8. The van der Waals surface area contributed by atoms with Gasteiger partial charge in [-0.1, -0.05) is 24.4 Å². The molecule has 1 aliphatic carbocycles. The van der Waals surface area contributed by atoms with E-state index >= 15 is 0 Å². The Morgan fingerprint density at radius 2 is 2.00 bits per heavy atom. The van der Waals surface area contributed by atoms with Crippen LogP contribution < -0.4 is 16.0 Å². The van der Waals surface area contributed by atoms with Gasteiger partial charge in [-0.05, 0) is 45.1 Å². The normalized spacial score (nSPS) is 19.3. The van der Waals surface area contributed by atoms with E-state index in [2.05, 4.69) is 24.4 Å². The Morgan fingerprint density at radius 3 is 2.50 bits per heavy atom. The molecule has 0 amide bonds. The Hall–Kier alpha value is -0.810. The van der Waals surface area contributed by atoms with Gasteiger partial charge in [0.25, 0.3) is 0 Å². The first-order valence-electron chi connectivity index (χ1n) is 7.02. The number of halogens is 1. The average Bonchev–Trinajstić information content (AvgIpc) is 2.91. The minimum atomic E-state index is -0.00588. The second-order valence-corrected chi connectivity index (χ2v) is 6.13. The maximum Gasteiger partial charge on any atom is 0.123 e. The summed E-state index contributed by atoms with van der Waals surface area (Å²) in [5.41, 5.74) is 4.04. The molecule has 0 spiro atoms. The third-order valence-electron chi connectivity index (χ3n) is 4.57. The molecule has 0 bridgehead atoms. The quantitative estimate of drug-likeness (QED) is 0.648. The summed E-state index contributed by atoms with van der Waals surface area (Å²) in [6.45, 7) is 0. The summed E-state index contributed by atoms with van der Waals surface area (Å²) < 4.78 is 5.49. The molecule has 3 N–H and O–H groups in total. The second-order valence-electron chi connectivity index (χ2n) is 5.69. The fraction of sp³-hybridized carbons (Fsp3) is 0.600. The van der Waals surface area contributed by atoms with Gasteiger partial charge in [-0.15, -0.1) is 0 Å². The van der Waals surface area contributed by atoms with E-state index in [-0.39, 0.29) is 11.6 Å². The first-order chi connectivity index (χ1) is 9.55. The van der Waals surface area contributed by atoms with E-state index in [1.54, 1.807) is 7.11 Å². The van der Waals surface area contributed by atoms with Gasteiger partial charge < -0.3 is 9.64 Å². The lowest BCUT2D eigenvalue weighted by atomic mass is 9.82. The molecule has 0 radical (unpaired) electrons. The van der Waals surface area contributed by atoms with E-state index in [0.717, 1.165) is 24.2 Å². The number of methoxy groups -OCH3 is 1.